The van der Waals surface area contributed by atoms with E-state index in [1.807, 2.05) is 73.3 Å². The van der Waals surface area contributed by atoms with Crippen molar-refractivity contribution in [2.24, 2.45) is 0 Å². The summed E-state index contributed by atoms with van der Waals surface area (Å²) >= 11 is 0. The summed E-state index contributed by atoms with van der Waals surface area (Å²) < 4.78 is 6.30. The van der Waals surface area contributed by atoms with Gasteiger partial charge in [0, 0.05) is 51.3 Å². The van der Waals surface area contributed by atoms with Crippen molar-refractivity contribution in [1.29, 1.82) is 0 Å². The molecular weight excluding hydrogens is 352 g/mol. The third-order valence-corrected chi connectivity index (χ3v) is 5.84. The quantitative estimate of drug-likeness (QED) is 0.800. The SMILES string of the molecule is Cc1ccc2c(c1)C(=O)CC1(CCN(C(=O)c3ccc(N(C)C)cc3)CC1)O2. The third kappa shape index (κ3) is 3.37. The van der Waals surface area contributed by atoms with Gasteiger partial charge in [0.15, 0.2) is 5.78 Å². The summed E-state index contributed by atoms with van der Waals surface area (Å²) in [6, 6.07) is 13.4. The number of hydrogen-bond donors (Lipinski definition) is 0. The maximum atomic E-state index is 12.9. The minimum Gasteiger partial charge on any atom is -0.486 e. The van der Waals surface area contributed by atoms with Crippen LogP contribution in [-0.4, -0.2) is 49.4 Å². The molecule has 5 nitrogen and oxygen atoms in total. The summed E-state index contributed by atoms with van der Waals surface area (Å²) in [6.45, 7) is 3.18. The topological polar surface area (TPSA) is 49.9 Å². The van der Waals surface area contributed by atoms with Crippen molar-refractivity contribution in [2.75, 3.05) is 32.1 Å². The normalized spacial score (nSPS) is 17.8. The van der Waals surface area contributed by atoms with Crippen molar-refractivity contribution in [3.05, 3.63) is 59.2 Å². The number of ether oxygens (including phenoxy) is 1. The van der Waals surface area contributed by atoms with Crippen LogP contribution in [0, 0.1) is 6.92 Å². The molecule has 0 bridgehead atoms. The van der Waals surface area contributed by atoms with Gasteiger partial charge < -0.3 is 14.5 Å². The molecule has 5 heteroatoms. The summed E-state index contributed by atoms with van der Waals surface area (Å²) in [5.41, 5.74) is 3.03. The predicted octanol–water partition coefficient (Wildman–Crippen LogP) is 3.70. The largest absolute Gasteiger partial charge is 0.486 e. The highest BCUT2D eigenvalue weighted by Crippen LogP contribution is 2.39. The Balaban J connectivity index is 1.45. The van der Waals surface area contributed by atoms with Crippen molar-refractivity contribution in [3.63, 3.8) is 0 Å². The van der Waals surface area contributed by atoms with Crippen LogP contribution in [0.3, 0.4) is 0 Å². The van der Waals surface area contributed by atoms with Gasteiger partial charge >= 0.3 is 0 Å². The third-order valence-electron chi connectivity index (χ3n) is 5.84. The number of anilines is 1. The second kappa shape index (κ2) is 6.97. The molecule has 0 aromatic heterocycles. The molecule has 1 fully saturated rings. The molecule has 1 spiro atoms. The lowest BCUT2D eigenvalue weighted by Gasteiger charge is -2.44. The van der Waals surface area contributed by atoms with Gasteiger partial charge in [0.25, 0.3) is 5.91 Å². The first-order chi connectivity index (χ1) is 13.4. The van der Waals surface area contributed by atoms with Gasteiger partial charge in [-0.25, -0.2) is 0 Å². The molecule has 28 heavy (non-hydrogen) atoms. The van der Waals surface area contributed by atoms with Crippen LogP contribution < -0.4 is 9.64 Å². The van der Waals surface area contributed by atoms with Gasteiger partial charge in [-0.3, -0.25) is 9.59 Å². The van der Waals surface area contributed by atoms with E-state index in [0.717, 1.165) is 11.3 Å². The molecule has 2 aromatic rings. The monoisotopic (exact) mass is 378 g/mol. The second-order valence-corrected chi connectivity index (χ2v) is 8.12. The van der Waals surface area contributed by atoms with E-state index in [9.17, 15) is 9.59 Å². The minimum absolute atomic E-state index is 0.0401. The molecule has 146 valence electrons. The summed E-state index contributed by atoms with van der Waals surface area (Å²) in [5.74, 6) is 0.864. The highest BCUT2D eigenvalue weighted by molar-refractivity contribution is 6.00. The molecular formula is C23H26N2O3. The zero-order valence-corrected chi connectivity index (χ0v) is 16.7. The summed E-state index contributed by atoms with van der Waals surface area (Å²) in [6.07, 6.45) is 1.74. The Morgan fingerprint density at radius 3 is 2.39 bits per heavy atom. The number of piperidine rings is 1. The number of fused-ring (bicyclic) bond motifs is 1. The zero-order valence-electron chi connectivity index (χ0n) is 16.7. The smallest absolute Gasteiger partial charge is 0.253 e. The van der Waals surface area contributed by atoms with Crippen LogP contribution in [-0.2, 0) is 0 Å². The Bertz CT molecular complexity index is 910. The van der Waals surface area contributed by atoms with Gasteiger partial charge in [-0.1, -0.05) is 11.6 Å². The Hall–Kier alpha value is -2.82. The Kier molecular flexibility index (Phi) is 4.61. The number of amides is 1. The van der Waals surface area contributed by atoms with Crippen LogP contribution >= 0.6 is 0 Å². The Morgan fingerprint density at radius 1 is 1.07 bits per heavy atom. The highest BCUT2D eigenvalue weighted by Gasteiger charge is 2.43. The average Bonchev–Trinajstić information content (AvgIpc) is 2.69. The molecule has 0 radical (unpaired) electrons. The molecule has 0 atom stereocenters. The molecule has 0 unspecified atom stereocenters. The fraction of sp³-hybridized carbons (Fsp3) is 0.391. The first kappa shape index (κ1) is 18.5. The number of Topliss-reactive ketones (excluding diaryl/α,β-unsaturated/α-hetero) is 1. The van der Waals surface area contributed by atoms with Crippen LogP contribution in [0.5, 0.6) is 5.75 Å². The predicted molar refractivity (Wildman–Crippen MR) is 109 cm³/mol. The molecule has 1 amide bonds. The van der Waals surface area contributed by atoms with E-state index >= 15 is 0 Å². The van der Waals surface area contributed by atoms with E-state index < -0.39 is 5.60 Å². The van der Waals surface area contributed by atoms with Gasteiger partial charge in [0.1, 0.15) is 11.4 Å². The number of ketones is 1. The number of aryl methyl sites for hydroxylation is 1. The lowest BCUT2D eigenvalue weighted by atomic mass is 9.82. The van der Waals surface area contributed by atoms with Crippen LogP contribution in [0.4, 0.5) is 5.69 Å². The van der Waals surface area contributed by atoms with Gasteiger partial charge in [-0.2, -0.15) is 0 Å². The van der Waals surface area contributed by atoms with E-state index in [0.29, 0.717) is 49.2 Å². The summed E-state index contributed by atoms with van der Waals surface area (Å²) in [5, 5.41) is 0. The van der Waals surface area contributed by atoms with Crippen LogP contribution in [0.15, 0.2) is 42.5 Å². The van der Waals surface area contributed by atoms with E-state index in [1.54, 1.807) is 0 Å². The number of rotatable bonds is 2. The van der Waals surface area contributed by atoms with E-state index in [2.05, 4.69) is 0 Å². The second-order valence-electron chi connectivity index (χ2n) is 8.12. The number of benzene rings is 2. The molecule has 4 rings (SSSR count). The maximum Gasteiger partial charge on any atom is 0.253 e. The van der Waals surface area contributed by atoms with Gasteiger partial charge in [-0.05, 0) is 43.3 Å². The molecule has 0 N–H and O–H groups in total. The number of nitrogens with zero attached hydrogens (tertiary/aromatic N) is 2. The Labute approximate surface area is 165 Å². The van der Waals surface area contributed by atoms with Crippen molar-refractivity contribution < 1.29 is 14.3 Å². The van der Waals surface area contributed by atoms with Crippen LogP contribution in [0.25, 0.3) is 0 Å². The lowest BCUT2D eigenvalue weighted by Crippen LogP contribution is -2.52. The van der Waals surface area contributed by atoms with E-state index in [4.69, 9.17) is 4.74 Å². The first-order valence-corrected chi connectivity index (χ1v) is 9.76. The lowest BCUT2D eigenvalue weighted by molar-refractivity contribution is -0.00572. The standard InChI is InChI=1S/C23H26N2O3/c1-16-4-9-21-19(14-16)20(26)15-23(28-21)10-12-25(13-11-23)22(27)17-5-7-18(8-6-17)24(2)3/h4-9,14H,10-13,15H2,1-3H3. The molecule has 2 aromatic carbocycles. The minimum atomic E-state index is -0.481. The van der Waals surface area contributed by atoms with Gasteiger partial charge in [0.05, 0.1) is 12.0 Å². The molecule has 0 aliphatic carbocycles. The molecule has 2 aliphatic heterocycles. The molecule has 0 saturated carbocycles. The highest BCUT2D eigenvalue weighted by atomic mass is 16.5. The summed E-state index contributed by atoms with van der Waals surface area (Å²) in [7, 11) is 3.96. The number of carbonyl (C=O) groups excluding carboxylic acids is 2. The molecule has 2 aliphatic rings. The van der Waals surface area contributed by atoms with Crippen molar-refractivity contribution in [1.82, 2.24) is 4.90 Å². The number of likely N-dealkylation sites (tertiary alicyclic amines) is 1. The summed E-state index contributed by atoms with van der Waals surface area (Å²) in [4.78, 5) is 29.4. The first-order valence-electron chi connectivity index (χ1n) is 9.76. The van der Waals surface area contributed by atoms with Crippen LogP contribution in [0.2, 0.25) is 0 Å². The van der Waals surface area contributed by atoms with Crippen molar-refractivity contribution in [2.45, 2.75) is 31.8 Å². The van der Waals surface area contributed by atoms with Crippen molar-refractivity contribution >= 4 is 17.4 Å². The number of carbonyl (C=O) groups is 2. The zero-order chi connectivity index (χ0) is 19.9. The Morgan fingerprint density at radius 2 is 1.75 bits per heavy atom. The van der Waals surface area contributed by atoms with E-state index in [1.165, 1.54) is 0 Å². The fourth-order valence-corrected chi connectivity index (χ4v) is 4.09. The van der Waals surface area contributed by atoms with Gasteiger partial charge in [0.2, 0.25) is 0 Å². The van der Waals surface area contributed by atoms with Gasteiger partial charge in [-0.15, -0.1) is 0 Å². The maximum absolute atomic E-state index is 12.9. The average molecular weight is 378 g/mol. The molecule has 2 heterocycles. The van der Waals surface area contributed by atoms with Crippen molar-refractivity contribution in [3.8, 4) is 5.75 Å². The van der Waals surface area contributed by atoms with E-state index in [-0.39, 0.29) is 11.7 Å². The van der Waals surface area contributed by atoms with Crippen LogP contribution in [0.1, 0.15) is 45.5 Å². The number of hydrogen-bond acceptors (Lipinski definition) is 4. The fourth-order valence-electron chi connectivity index (χ4n) is 4.09. The molecule has 1 saturated heterocycles.